The topological polar surface area (TPSA) is 112 Å². The van der Waals surface area contributed by atoms with Crippen LogP contribution in [0.3, 0.4) is 0 Å². The van der Waals surface area contributed by atoms with Crippen LogP contribution in [-0.4, -0.2) is 15.0 Å². The molecule has 0 spiro atoms. The summed E-state index contributed by atoms with van der Waals surface area (Å²) in [6.45, 7) is -0.0514. The standard InChI is InChI=1S/C11H12N4O4/c1-14-3-2-9(16)15(11(14)18)5-8-4-7(6-19-8)10(17)13-12/h2-4,6H,5,12H2,1H3,(H,13,17). The number of furan rings is 1. The van der Waals surface area contributed by atoms with Gasteiger partial charge >= 0.3 is 5.69 Å². The summed E-state index contributed by atoms with van der Waals surface area (Å²) in [6.07, 6.45) is 2.59. The molecule has 0 radical (unpaired) electrons. The third kappa shape index (κ3) is 2.47. The fraction of sp³-hybridized carbons (Fsp3) is 0.182. The number of aromatic nitrogens is 2. The minimum atomic E-state index is -0.511. The van der Waals surface area contributed by atoms with Crippen LogP contribution in [0.5, 0.6) is 0 Å². The number of carbonyl (C=O) groups is 1. The average molecular weight is 264 g/mol. The first-order valence-corrected chi connectivity index (χ1v) is 5.37. The van der Waals surface area contributed by atoms with E-state index in [4.69, 9.17) is 10.3 Å². The summed E-state index contributed by atoms with van der Waals surface area (Å²) in [4.78, 5) is 34.6. The molecular formula is C11H12N4O4. The van der Waals surface area contributed by atoms with E-state index in [-0.39, 0.29) is 12.1 Å². The molecule has 1 amide bonds. The van der Waals surface area contributed by atoms with Gasteiger partial charge in [-0.1, -0.05) is 0 Å². The fourth-order valence-corrected chi connectivity index (χ4v) is 1.58. The number of amides is 1. The maximum absolute atomic E-state index is 11.8. The van der Waals surface area contributed by atoms with Gasteiger partial charge in [0.1, 0.15) is 12.0 Å². The SMILES string of the molecule is Cn1ccc(=O)n(Cc2cc(C(=O)NN)co2)c1=O. The quantitative estimate of drug-likeness (QED) is 0.410. The average Bonchev–Trinajstić information content (AvgIpc) is 2.87. The smallest absolute Gasteiger partial charge is 0.331 e. The predicted octanol–water partition coefficient (Wildman–Crippen LogP) is -1.21. The number of nitrogens with one attached hydrogen (secondary N) is 1. The zero-order valence-corrected chi connectivity index (χ0v) is 10.1. The molecule has 0 saturated carbocycles. The number of nitrogen functional groups attached to an aromatic ring is 1. The van der Waals surface area contributed by atoms with Crippen LogP contribution in [0.2, 0.25) is 0 Å². The summed E-state index contributed by atoms with van der Waals surface area (Å²) in [7, 11) is 1.54. The van der Waals surface area contributed by atoms with Crippen LogP contribution in [0.1, 0.15) is 16.1 Å². The normalized spacial score (nSPS) is 10.4. The number of hydrogen-bond donors (Lipinski definition) is 2. The molecule has 0 bridgehead atoms. The van der Waals surface area contributed by atoms with Crippen LogP contribution >= 0.6 is 0 Å². The van der Waals surface area contributed by atoms with Gasteiger partial charge in [-0.3, -0.25) is 19.6 Å². The molecule has 2 rings (SSSR count). The summed E-state index contributed by atoms with van der Waals surface area (Å²) in [6, 6.07) is 2.69. The molecular weight excluding hydrogens is 252 g/mol. The third-order valence-corrected chi connectivity index (χ3v) is 2.60. The Balaban J connectivity index is 2.35. The maximum Gasteiger partial charge on any atom is 0.331 e. The highest BCUT2D eigenvalue weighted by Gasteiger charge is 2.11. The maximum atomic E-state index is 11.8. The molecule has 0 aliphatic rings. The van der Waals surface area contributed by atoms with Gasteiger partial charge in [-0.25, -0.2) is 10.6 Å². The monoisotopic (exact) mass is 264 g/mol. The molecule has 0 atom stereocenters. The van der Waals surface area contributed by atoms with Gasteiger partial charge in [0.05, 0.1) is 12.1 Å². The van der Waals surface area contributed by atoms with Crippen molar-refractivity contribution >= 4 is 5.91 Å². The molecule has 100 valence electrons. The second-order valence-electron chi connectivity index (χ2n) is 3.91. The molecule has 8 heteroatoms. The summed E-state index contributed by atoms with van der Waals surface area (Å²) in [5.41, 5.74) is 1.27. The van der Waals surface area contributed by atoms with E-state index >= 15 is 0 Å². The van der Waals surface area contributed by atoms with Crippen LogP contribution in [0.25, 0.3) is 0 Å². The van der Waals surface area contributed by atoms with Gasteiger partial charge < -0.3 is 8.98 Å². The minimum Gasteiger partial charge on any atom is -0.467 e. The molecule has 3 N–H and O–H groups in total. The van der Waals surface area contributed by atoms with E-state index in [1.807, 2.05) is 5.43 Å². The molecule has 0 saturated heterocycles. The molecule has 2 aromatic heterocycles. The van der Waals surface area contributed by atoms with E-state index in [0.29, 0.717) is 5.76 Å². The lowest BCUT2D eigenvalue weighted by Gasteiger charge is -2.03. The summed E-state index contributed by atoms with van der Waals surface area (Å²) in [5.74, 6) is 4.78. The van der Waals surface area contributed by atoms with E-state index in [9.17, 15) is 14.4 Å². The van der Waals surface area contributed by atoms with Gasteiger partial charge in [0, 0.05) is 19.3 Å². The van der Waals surface area contributed by atoms with Crippen LogP contribution in [0.4, 0.5) is 0 Å². The fourth-order valence-electron chi connectivity index (χ4n) is 1.58. The Morgan fingerprint density at radius 1 is 1.47 bits per heavy atom. The van der Waals surface area contributed by atoms with Crippen LogP contribution in [-0.2, 0) is 13.6 Å². The molecule has 0 aliphatic carbocycles. The first-order chi connectivity index (χ1) is 9.02. The van der Waals surface area contributed by atoms with Gasteiger partial charge in [-0.2, -0.15) is 0 Å². The van der Waals surface area contributed by atoms with Crippen molar-refractivity contribution in [3.8, 4) is 0 Å². The van der Waals surface area contributed by atoms with Crippen molar-refractivity contribution in [2.24, 2.45) is 12.9 Å². The van der Waals surface area contributed by atoms with E-state index in [1.165, 1.54) is 36.2 Å². The molecule has 2 heterocycles. The number of rotatable bonds is 3. The van der Waals surface area contributed by atoms with Crippen molar-refractivity contribution in [3.05, 3.63) is 56.8 Å². The summed E-state index contributed by atoms with van der Waals surface area (Å²) in [5, 5.41) is 0. The lowest BCUT2D eigenvalue weighted by Crippen LogP contribution is -2.38. The first-order valence-electron chi connectivity index (χ1n) is 5.37. The highest BCUT2D eigenvalue weighted by Crippen LogP contribution is 2.07. The lowest BCUT2D eigenvalue weighted by atomic mass is 10.3. The van der Waals surface area contributed by atoms with Crippen molar-refractivity contribution < 1.29 is 9.21 Å². The van der Waals surface area contributed by atoms with Crippen molar-refractivity contribution in [1.29, 1.82) is 0 Å². The summed E-state index contributed by atoms with van der Waals surface area (Å²) >= 11 is 0. The van der Waals surface area contributed by atoms with E-state index in [0.717, 1.165) is 4.57 Å². The number of nitrogens with zero attached hydrogens (tertiary/aromatic N) is 2. The Labute approximate surface area is 107 Å². The van der Waals surface area contributed by atoms with Gasteiger partial charge in [0.15, 0.2) is 0 Å². The molecule has 0 aliphatic heterocycles. The van der Waals surface area contributed by atoms with Crippen LogP contribution < -0.4 is 22.5 Å². The van der Waals surface area contributed by atoms with E-state index in [1.54, 1.807) is 0 Å². The van der Waals surface area contributed by atoms with Crippen molar-refractivity contribution in [2.45, 2.75) is 6.54 Å². The lowest BCUT2D eigenvalue weighted by molar-refractivity contribution is 0.0953. The van der Waals surface area contributed by atoms with Gasteiger partial charge in [0.25, 0.3) is 11.5 Å². The predicted molar refractivity (Wildman–Crippen MR) is 65.4 cm³/mol. The third-order valence-electron chi connectivity index (χ3n) is 2.60. The second-order valence-corrected chi connectivity index (χ2v) is 3.91. The number of hydrogen-bond acceptors (Lipinski definition) is 5. The molecule has 2 aromatic rings. The Kier molecular flexibility index (Phi) is 3.34. The number of hydrazine groups is 1. The Morgan fingerprint density at radius 3 is 2.89 bits per heavy atom. The Hall–Kier alpha value is -2.61. The van der Waals surface area contributed by atoms with Crippen LogP contribution in [0.15, 0.2) is 38.6 Å². The number of aryl methyl sites for hydroxylation is 1. The van der Waals surface area contributed by atoms with Crippen molar-refractivity contribution in [3.63, 3.8) is 0 Å². The van der Waals surface area contributed by atoms with E-state index < -0.39 is 17.2 Å². The van der Waals surface area contributed by atoms with Crippen LogP contribution in [0, 0.1) is 0 Å². The molecule has 8 nitrogen and oxygen atoms in total. The largest absolute Gasteiger partial charge is 0.467 e. The first kappa shape index (κ1) is 12.8. The second kappa shape index (κ2) is 4.94. The molecule has 19 heavy (non-hydrogen) atoms. The Bertz CT molecular complexity index is 725. The minimum absolute atomic E-state index is 0.0514. The molecule has 0 aromatic carbocycles. The van der Waals surface area contributed by atoms with Gasteiger partial charge in [-0.15, -0.1) is 0 Å². The number of carbonyl (C=O) groups excluding carboxylic acids is 1. The molecule has 0 unspecified atom stereocenters. The van der Waals surface area contributed by atoms with Crippen molar-refractivity contribution in [2.75, 3.05) is 0 Å². The molecule has 0 fully saturated rings. The van der Waals surface area contributed by atoms with Gasteiger partial charge in [-0.05, 0) is 6.07 Å². The Morgan fingerprint density at radius 2 is 2.21 bits per heavy atom. The highest BCUT2D eigenvalue weighted by atomic mass is 16.3. The highest BCUT2D eigenvalue weighted by molar-refractivity contribution is 5.93. The van der Waals surface area contributed by atoms with E-state index in [2.05, 4.69) is 0 Å². The number of nitrogens with two attached hydrogens (primary N) is 1. The summed E-state index contributed by atoms with van der Waals surface area (Å²) < 4.78 is 7.40. The van der Waals surface area contributed by atoms with Crippen molar-refractivity contribution in [1.82, 2.24) is 14.6 Å². The zero-order valence-electron chi connectivity index (χ0n) is 10.1. The van der Waals surface area contributed by atoms with Gasteiger partial charge in [0.2, 0.25) is 0 Å². The zero-order chi connectivity index (χ0) is 14.0.